The summed E-state index contributed by atoms with van der Waals surface area (Å²) >= 11 is 0. The minimum Gasteiger partial charge on any atom is -0.356 e. The predicted octanol–water partition coefficient (Wildman–Crippen LogP) is 3.62. The average molecular weight is 398 g/mol. The number of pyridine rings is 1. The van der Waals surface area contributed by atoms with Gasteiger partial charge >= 0.3 is 0 Å². The monoisotopic (exact) mass is 398 g/mol. The Morgan fingerprint density at radius 2 is 1.90 bits per heavy atom. The fraction of sp³-hybridized carbons (Fsp3) is 0.348. The van der Waals surface area contributed by atoms with Crippen LogP contribution in [0.25, 0.3) is 33.3 Å². The highest BCUT2D eigenvalue weighted by Crippen LogP contribution is 2.43. The SMILES string of the molecule is N#Cc1c(C2CC2)[nH]c2c(-c3nc4cc(C5CCNCC5)ccc4[nH]3)c(=O)[nH]cc12. The van der Waals surface area contributed by atoms with E-state index in [0.717, 1.165) is 60.9 Å². The predicted molar refractivity (Wildman–Crippen MR) is 116 cm³/mol. The molecule has 1 aliphatic carbocycles. The maximum absolute atomic E-state index is 12.8. The van der Waals surface area contributed by atoms with Crippen molar-refractivity contribution in [2.24, 2.45) is 0 Å². The summed E-state index contributed by atoms with van der Waals surface area (Å²) in [6, 6.07) is 8.69. The number of aromatic nitrogens is 4. The Morgan fingerprint density at radius 3 is 2.67 bits per heavy atom. The van der Waals surface area contributed by atoms with Crippen LogP contribution in [-0.2, 0) is 0 Å². The largest absolute Gasteiger partial charge is 0.356 e. The quantitative estimate of drug-likeness (QED) is 0.422. The number of imidazole rings is 1. The van der Waals surface area contributed by atoms with E-state index in [1.165, 1.54) is 5.56 Å². The number of hydrogen-bond acceptors (Lipinski definition) is 4. The van der Waals surface area contributed by atoms with Crippen molar-refractivity contribution in [1.82, 2.24) is 25.3 Å². The zero-order valence-corrected chi connectivity index (χ0v) is 16.5. The van der Waals surface area contributed by atoms with E-state index in [1.807, 2.05) is 0 Å². The van der Waals surface area contributed by atoms with Crippen LogP contribution < -0.4 is 10.9 Å². The number of benzene rings is 1. The van der Waals surface area contributed by atoms with Crippen LogP contribution in [0.5, 0.6) is 0 Å². The van der Waals surface area contributed by atoms with Crippen molar-refractivity contribution >= 4 is 21.9 Å². The zero-order chi connectivity index (χ0) is 20.2. The Hall–Kier alpha value is -3.37. The molecule has 7 nitrogen and oxygen atoms in total. The molecule has 0 unspecified atom stereocenters. The third kappa shape index (κ3) is 2.68. The summed E-state index contributed by atoms with van der Waals surface area (Å²) in [7, 11) is 0. The van der Waals surface area contributed by atoms with Crippen molar-refractivity contribution in [1.29, 1.82) is 5.26 Å². The van der Waals surface area contributed by atoms with Gasteiger partial charge in [0.15, 0.2) is 0 Å². The van der Waals surface area contributed by atoms with Gasteiger partial charge in [0.2, 0.25) is 0 Å². The Balaban J connectivity index is 1.50. The lowest BCUT2D eigenvalue weighted by molar-refractivity contribution is 0.460. The van der Waals surface area contributed by atoms with Crippen molar-refractivity contribution in [2.45, 2.75) is 37.5 Å². The topological polar surface area (TPSA) is 113 Å². The number of rotatable bonds is 3. The van der Waals surface area contributed by atoms with E-state index >= 15 is 0 Å². The molecular weight excluding hydrogens is 376 g/mol. The molecule has 30 heavy (non-hydrogen) atoms. The number of piperidine rings is 1. The van der Waals surface area contributed by atoms with E-state index in [0.29, 0.717) is 34.3 Å². The van der Waals surface area contributed by atoms with Gasteiger partial charge in [0, 0.05) is 23.2 Å². The summed E-state index contributed by atoms with van der Waals surface area (Å²) in [5.74, 6) is 1.47. The first-order valence-electron chi connectivity index (χ1n) is 10.6. The molecule has 1 saturated carbocycles. The van der Waals surface area contributed by atoms with Crippen molar-refractivity contribution < 1.29 is 0 Å². The lowest BCUT2D eigenvalue weighted by Gasteiger charge is -2.22. The van der Waals surface area contributed by atoms with Gasteiger partial charge in [-0.15, -0.1) is 0 Å². The first kappa shape index (κ1) is 17.5. The molecule has 2 fully saturated rings. The van der Waals surface area contributed by atoms with E-state index in [2.05, 4.69) is 44.5 Å². The fourth-order valence-corrected chi connectivity index (χ4v) is 4.77. The van der Waals surface area contributed by atoms with Crippen LogP contribution in [0.3, 0.4) is 0 Å². The molecule has 0 bridgehead atoms. The maximum atomic E-state index is 12.8. The van der Waals surface area contributed by atoms with Gasteiger partial charge in [0.25, 0.3) is 5.56 Å². The average Bonchev–Trinajstić information content (AvgIpc) is 3.43. The summed E-state index contributed by atoms with van der Waals surface area (Å²) in [5, 5.41) is 13.9. The first-order valence-corrected chi connectivity index (χ1v) is 10.6. The molecule has 1 aromatic carbocycles. The third-order valence-electron chi connectivity index (χ3n) is 6.54. The first-order chi connectivity index (χ1) is 14.7. The molecular formula is C23H22N6O. The van der Waals surface area contributed by atoms with Crippen LogP contribution in [0.1, 0.15) is 54.3 Å². The molecule has 2 aliphatic rings. The molecule has 0 amide bonds. The summed E-state index contributed by atoms with van der Waals surface area (Å²) in [6.07, 6.45) is 6.06. The highest BCUT2D eigenvalue weighted by molar-refractivity contribution is 5.97. The molecule has 7 heteroatoms. The fourth-order valence-electron chi connectivity index (χ4n) is 4.77. The third-order valence-corrected chi connectivity index (χ3v) is 6.54. The van der Waals surface area contributed by atoms with Crippen molar-refractivity contribution in [3.05, 3.63) is 51.6 Å². The van der Waals surface area contributed by atoms with Crippen LogP contribution in [0.2, 0.25) is 0 Å². The van der Waals surface area contributed by atoms with E-state index in [-0.39, 0.29) is 5.56 Å². The molecule has 0 atom stereocenters. The zero-order valence-electron chi connectivity index (χ0n) is 16.5. The number of H-pyrrole nitrogens is 3. The van der Waals surface area contributed by atoms with Crippen LogP contribution in [-0.4, -0.2) is 33.0 Å². The summed E-state index contributed by atoms with van der Waals surface area (Å²) in [6.45, 7) is 2.09. The lowest BCUT2D eigenvalue weighted by Crippen LogP contribution is -2.26. The number of aromatic amines is 3. The van der Waals surface area contributed by atoms with Crippen LogP contribution in [0.15, 0.2) is 29.2 Å². The second kappa shape index (κ2) is 6.57. The molecule has 150 valence electrons. The molecule has 1 aliphatic heterocycles. The number of fused-ring (bicyclic) bond motifs is 2. The molecule has 0 radical (unpaired) electrons. The maximum Gasteiger partial charge on any atom is 0.261 e. The molecule has 4 N–H and O–H groups in total. The van der Waals surface area contributed by atoms with E-state index < -0.39 is 0 Å². The summed E-state index contributed by atoms with van der Waals surface area (Å²) in [4.78, 5) is 27.1. The van der Waals surface area contributed by atoms with Gasteiger partial charge in [0.1, 0.15) is 17.5 Å². The number of nitriles is 1. The van der Waals surface area contributed by atoms with Gasteiger partial charge in [0.05, 0.1) is 22.1 Å². The smallest absolute Gasteiger partial charge is 0.261 e. The molecule has 3 aromatic heterocycles. The molecule has 0 spiro atoms. The Morgan fingerprint density at radius 1 is 1.07 bits per heavy atom. The van der Waals surface area contributed by atoms with E-state index in [4.69, 9.17) is 4.98 Å². The van der Waals surface area contributed by atoms with Crippen LogP contribution in [0.4, 0.5) is 0 Å². The standard InChI is InChI=1S/C23H22N6O/c24-10-15-16-11-26-23(30)19(21(16)29-20(15)13-1-2-13)22-27-17-4-3-14(9-18(17)28-22)12-5-7-25-8-6-12/h3-4,9,11-13,25,29H,1-2,5-8H2,(H,26,30)(H,27,28). The van der Waals surface area contributed by atoms with Gasteiger partial charge in [-0.2, -0.15) is 5.26 Å². The number of nitrogens with one attached hydrogen (secondary N) is 4. The van der Waals surface area contributed by atoms with Gasteiger partial charge in [-0.1, -0.05) is 6.07 Å². The van der Waals surface area contributed by atoms with Crippen molar-refractivity contribution in [3.8, 4) is 17.5 Å². The normalized spacial score (nSPS) is 17.6. The minimum absolute atomic E-state index is 0.215. The molecule has 4 heterocycles. The van der Waals surface area contributed by atoms with E-state index in [1.54, 1.807) is 6.20 Å². The van der Waals surface area contributed by atoms with E-state index in [9.17, 15) is 10.1 Å². The lowest BCUT2D eigenvalue weighted by atomic mass is 9.90. The molecule has 1 saturated heterocycles. The van der Waals surface area contributed by atoms with Crippen molar-refractivity contribution in [2.75, 3.05) is 13.1 Å². The van der Waals surface area contributed by atoms with Crippen LogP contribution in [0, 0.1) is 11.3 Å². The Bertz CT molecular complexity index is 1370. The second-order valence-electron chi connectivity index (χ2n) is 8.47. The number of nitrogens with zero attached hydrogens (tertiary/aromatic N) is 2. The van der Waals surface area contributed by atoms with Gasteiger partial charge in [-0.3, -0.25) is 4.79 Å². The summed E-state index contributed by atoms with van der Waals surface area (Å²) in [5.41, 5.74) is 5.60. The number of hydrogen-bond donors (Lipinski definition) is 4. The summed E-state index contributed by atoms with van der Waals surface area (Å²) < 4.78 is 0. The van der Waals surface area contributed by atoms with Crippen LogP contribution >= 0.6 is 0 Å². The van der Waals surface area contributed by atoms with Gasteiger partial charge < -0.3 is 20.3 Å². The highest BCUT2D eigenvalue weighted by Gasteiger charge is 2.30. The Labute approximate surface area is 172 Å². The minimum atomic E-state index is -0.215. The van der Waals surface area contributed by atoms with Gasteiger partial charge in [-0.25, -0.2) is 4.98 Å². The second-order valence-corrected chi connectivity index (χ2v) is 8.47. The van der Waals surface area contributed by atoms with Crippen molar-refractivity contribution in [3.63, 3.8) is 0 Å². The highest BCUT2D eigenvalue weighted by atomic mass is 16.1. The van der Waals surface area contributed by atoms with Gasteiger partial charge in [-0.05, 0) is 62.4 Å². The molecule has 4 aromatic rings. The Kier molecular flexibility index (Phi) is 3.83. The molecule has 6 rings (SSSR count).